The fourth-order valence-electron chi connectivity index (χ4n) is 1.19. The zero-order chi connectivity index (χ0) is 14.1. The van der Waals surface area contributed by atoms with Crippen molar-refractivity contribution in [2.45, 2.75) is 38.8 Å². The number of carbonyl (C=O) groups excluding carboxylic acids is 1. The molecule has 1 amide bonds. The van der Waals surface area contributed by atoms with Crippen LogP contribution in [-0.4, -0.2) is 27.3 Å². The van der Waals surface area contributed by atoms with E-state index >= 15 is 0 Å². The predicted molar refractivity (Wildman–Crippen MR) is 71.0 cm³/mol. The van der Waals surface area contributed by atoms with E-state index in [4.69, 9.17) is 11.6 Å². The van der Waals surface area contributed by atoms with Crippen LogP contribution < -0.4 is 5.32 Å². The number of halogens is 1. The fraction of sp³-hybridized carbons (Fsp3) is 0.462. The van der Waals surface area contributed by atoms with Crippen molar-refractivity contribution in [3.8, 4) is 5.75 Å². The van der Waals surface area contributed by atoms with Crippen LogP contribution in [-0.2, 0) is 0 Å². The normalized spacial score (nSPS) is 12.3. The molecule has 1 aromatic rings. The van der Waals surface area contributed by atoms with E-state index in [9.17, 15) is 15.0 Å². The van der Waals surface area contributed by atoms with Crippen molar-refractivity contribution in [2.24, 2.45) is 0 Å². The molecular formula is C13H18ClNO3. The lowest BCUT2D eigenvalue weighted by Gasteiger charge is -2.38. The molecule has 0 fully saturated rings. The Balaban J connectivity index is 3.00. The van der Waals surface area contributed by atoms with Crippen LogP contribution >= 0.6 is 11.6 Å². The van der Waals surface area contributed by atoms with Gasteiger partial charge in [-0.15, -0.1) is 0 Å². The van der Waals surface area contributed by atoms with Crippen molar-refractivity contribution in [3.05, 3.63) is 28.8 Å². The number of rotatable bonds is 3. The summed E-state index contributed by atoms with van der Waals surface area (Å²) < 4.78 is 0. The first kappa shape index (κ1) is 14.8. The summed E-state index contributed by atoms with van der Waals surface area (Å²) in [5.41, 5.74) is -1.75. The minimum atomic E-state index is -1.09. The predicted octanol–water partition coefficient (Wildman–Crippen LogP) is 2.32. The molecule has 0 unspecified atom stereocenters. The van der Waals surface area contributed by atoms with Gasteiger partial charge in [-0.1, -0.05) is 11.6 Å². The van der Waals surface area contributed by atoms with Crippen molar-refractivity contribution >= 4 is 17.5 Å². The van der Waals surface area contributed by atoms with Gasteiger partial charge in [0.15, 0.2) is 0 Å². The molecular weight excluding hydrogens is 254 g/mol. The van der Waals surface area contributed by atoms with E-state index < -0.39 is 17.0 Å². The van der Waals surface area contributed by atoms with E-state index in [1.54, 1.807) is 27.7 Å². The molecule has 1 rings (SSSR count). The number of phenols is 1. The Labute approximate surface area is 112 Å². The minimum Gasteiger partial charge on any atom is -0.508 e. The molecule has 0 atom stereocenters. The molecule has 18 heavy (non-hydrogen) atoms. The van der Waals surface area contributed by atoms with Crippen molar-refractivity contribution in [2.75, 3.05) is 0 Å². The summed E-state index contributed by atoms with van der Waals surface area (Å²) in [7, 11) is 0. The van der Waals surface area contributed by atoms with E-state index in [1.165, 1.54) is 18.2 Å². The van der Waals surface area contributed by atoms with E-state index in [0.717, 1.165) is 0 Å². The number of benzene rings is 1. The summed E-state index contributed by atoms with van der Waals surface area (Å²) in [6.07, 6.45) is 0. The fourth-order valence-corrected chi connectivity index (χ4v) is 1.39. The Bertz CT molecular complexity index is 464. The standard InChI is InChI=1S/C13H18ClNO3/c1-12(2,13(3,4)18)15-11(17)9-7-8(16)5-6-10(9)14/h5-7,16,18H,1-4H3,(H,15,17). The molecule has 0 radical (unpaired) electrons. The molecule has 0 aliphatic rings. The molecule has 1 aromatic carbocycles. The molecule has 0 bridgehead atoms. The molecule has 0 heterocycles. The highest BCUT2D eigenvalue weighted by molar-refractivity contribution is 6.33. The smallest absolute Gasteiger partial charge is 0.253 e. The Kier molecular flexibility index (Phi) is 3.93. The van der Waals surface area contributed by atoms with Gasteiger partial charge in [0, 0.05) is 0 Å². The Morgan fingerprint density at radius 2 is 1.83 bits per heavy atom. The van der Waals surface area contributed by atoms with Gasteiger partial charge in [-0.2, -0.15) is 0 Å². The second kappa shape index (κ2) is 4.78. The molecule has 3 N–H and O–H groups in total. The third kappa shape index (κ3) is 3.15. The topological polar surface area (TPSA) is 69.6 Å². The second-order valence-electron chi connectivity index (χ2n) is 5.30. The highest BCUT2D eigenvalue weighted by atomic mass is 35.5. The number of aromatic hydroxyl groups is 1. The number of nitrogens with one attached hydrogen (secondary N) is 1. The largest absolute Gasteiger partial charge is 0.508 e. The van der Waals surface area contributed by atoms with Gasteiger partial charge in [-0.3, -0.25) is 4.79 Å². The molecule has 0 aliphatic heterocycles. The Morgan fingerprint density at radius 1 is 1.28 bits per heavy atom. The van der Waals surface area contributed by atoms with E-state index in [0.29, 0.717) is 0 Å². The highest BCUT2D eigenvalue weighted by Gasteiger charge is 2.36. The van der Waals surface area contributed by atoms with Gasteiger partial charge in [-0.25, -0.2) is 0 Å². The molecule has 0 saturated carbocycles. The molecule has 0 aliphatic carbocycles. The van der Waals surface area contributed by atoms with Crippen molar-refractivity contribution in [1.82, 2.24) is 5.32 Å². The van der Waals surface area contributed by atoms with Crippen LogP contribution in [0.15, 0.2) is 18.2 Å². The number of amides is 1. The van der Waals surface area contributed by atoms with Crippen LogP contribution in [0.3, 0.4) is 0 Å². The number of aliphatic hydroxyl groups is 1. The summed E-state index contributed by atoms with van der Waals surface area (Å²) in [6, 6.07) is 4.14. The lowest BCUT2D eigenvalue weighted by molar-refractivity contribution is -0.00292. The summed E-state index contributed by atoms with van der Waals surface area (Å²) in [5.74, 6) is -0.478. The van der Waals surface area contributed by atoms with E-state index in [-0.39, 0.29) is 16.3 Å². The van der Waals surface area contributed by atoms with Gasteiger partial charge in [0.2, 0.25) is 0 Å². The first-order valence-electron chi connectivity index (χ1n) is 5.58. The van der Waals surface area contributed by atoms with Crippen LogP contribution in [0.4, 0.5) is 0 Å². The van der Waals surface area contributed by atoms with E-state index in [2.05, 4.69) is 5.32 Å². The summed E-state index contributed by atoms with van der Waals surface area (Å²) in [4.78, 5) is 12.1. The molecule has 0 spiro atoms. The molecule has 5 heteroatoms. The van der Waals surface area contributed by atoms with E-state index in [1.807, 2.05) is 0 Å². The number of hydrogen-bond donors (Lipinski definition) is 3. The average Bonchev–Trinajstić information content (AvgIpc) is 2.19. The Morgan fingerprint density at radius 3 is 2.33 bits per heavy atom. The molecule has 4 nitrogen and oxygen atoms in total. The van der Waals surface area contributed by atoms with Crippen molar-refractivity contribution < 1.29 is 15.0 Å². The molecule has 0 saturated heterocycles. The number of phenolic OH excluding ortho intramolecular Hbond substituents is 1. The second-order valence-corrected chi connectivity index (χ2v) is 5.71. The third-order valence-electron chi connectivity index (χ3n) is 3.15. The van der Waals surface area contributed by atoms with Gasteiger partial charge >= 0.3 is 0 Å². The van der Waals surface area contributed by atoms with Gasteiger partial charge in [0.1, 0.15) is 5.75 Å². The van der Waals surface area contributed by atoms with Crippen molar-refractivity contribution in [3.63, 3.8) is 0 Å². The Hall–Kier alpha value is -1.26. The monoisotopic (exact) mass is 271 g/mol. The first-order valence-corrected chi connectivity index (χ1v) is 5.96. The quantitative estimate of drug-likeness (QED) is 0.790. The number of hydrogen-bond acceptors (Lipinski definition) is 3. The lowest BCUT2D eigenvalue weighted by Crippen LogP contribution is -2.57. The van der Waals surface area contributed by atoms with Crippen LogP contribution in [0.1, 0.15) is 38.1 Å². The average molecular weight is 272 g/mol. The van der Waals surface area contributed by atoms with Gasteiger partial charge in [0.25, 0.3) is 5.91 Å². The van der Waals surface area contributed by atoms with Gasteiger partial charge < -0.3 is 15.5 Å². The zero-order valence-electron chi connectivity index (χ0n) is 10.9. The van der Waals surface area contributed by atoms with Crippen LogP contribution in [0, 0.1) is 0 Å². The lowest BCUT2D eigenvalue weighted by atomic mass is 9.85. The third-order valence-corrected chi connectivity index (χ3v) is 3.48. The van der Waals surface area contributed by atoms with Crippen LogP contribution in [0.2, 0.25) is 5.02 Å². The van der Waals surface area contributed by atoms with Gasteiger partial charge in [-0.05, 0) is 45.9 Å². The first-order chi connectivity index (χ1) is 8.04. The molecule has 100 valence electrons. The zero-order valence-corrected chi connectivity index (χ0v) is 11.7. The maximum atomic E-state index is 12.1. The number of carbonyl (C=O) groups is 1. The van der Waals surface area contributed by atoms with Crippen LogP contribution in [0.5, 0.6) is 5.75 Å². The summed E-state index contributed by atoms with van der Waals surface area (Å²) in [6.45, 7) is 6.64. The maximum absolute atomic E-state index is 12.1. The minimum absolute atomic E-state index is 0.0365. The highest BCUT2D eigenvalue weighted by Crippen LogP contribution is 2.24. The molecule has 0 aromatic heterocycles. The summed E-state index contributed by atoms with van der Waals surface area (Å²) in [5, 5.41) is 22.3. The maximum Gasteiger partial charge on any atom is 0.253 e. The van der Waals surface area contributed by atoms with Gasteiger partial charge in [0.05, 0.1) is 21.7 Å². The SMILES string of the molecule is CC(C)(O)C(C)(C)NC(=O)c1cc(O)ccc1Cl. The van der Waals surface area contributed by atoms with Crippen molar-refractivity contribution in [1.29, 1.82) is 0 Å². The van der Waals surface area contributed by atoms with Crippen LogP contribution in [0.25, 0.3) is 0 Å². The summed E-state index contributed by atoms with van der Waals surface area (Å²) >= 11 is 5.90.